The predicted octanol–water partition coefficient (Wildman–Crippen LogP) is 11.6. The van der Waals surface area contributed by atoms with E-state index in [1.54, 1.807) is 0 Å². The van der Waals surface area contributed by atoms with Gasteiger partial charge in [0.15, 0.2) is 0 Å². The van der Waals surface area contributed by atoms with Crippen molar-refractivity contribution in [1.82, 2.24) is 0 Å². The van der Waals surface area contributed by atoms with Crippen LogP contribution >= 0.6 is 0 Å². The van der Waals surface area contributed by atoms with Crippen LogP contribution in [0.1, 0.15) is 56.4 Å². The number of aryl methyl sites for hydroxylation is 1. The van der Waals surface area contributed by atoms with Crippen molar-refractivity contribution in [3.05, 3.63) is 173 Å². The molecule has 230 valence electrons. The Morgan fingerprint density at radius 2 is 1.60 bits per heavy atom. The molecule has 1 aliphatic heterocycles. The monoisotopic (exact) mass is 591 g/mol. The second-order valence-corrected chi connectivity index (χ2v) is 12.9. The molecular formula is C43H47N2-. The van der Waals surface area contributed by atoms with Crippen molar-refractivity contribution in [3.63, 3.8) is 0 Å². The van der Waals surface area contributed by atoms with Crippen molar-refractivity contribution >= 4 is 22.1 Å². The molecule has 0 aromatic heterocycles. The summed E-state index contributed by atoms with van der Waals surface area (Å²) >= 11 is 0. The summed E-state index contributed by atoms with van der Waals surface area (Å²) in [5.74, 6) is 0. The van der Waals surface area contributed by atoms with Gasteiger partial charge in [-0.1, -0.05) is 155 Å². The second kappa shape index (κ2) is 13.6. The zero-order valence-corrected chi connectivity index (χ0v) is 27.8. The van der Waals surface area contributed by atoms with E-state index in [4.69, 9.17) is 5.32 Å². The average molecular weight is 592 g/mol. The van der Waals surface area contributed by atoms with Crippen molar-refractivity contribution in [3.8, 4) is 0 Å². The van der Waals surface area contributed by atoms with Crippen LogP contribution in [0.4, 0.5) is 11.4 Å². The summed E-state index contributed by atoms with van der Waals surface area (Å²) in [6.45, 7) is 17.1. The van der Waals surface area contributed by atoms with Crippen molar-refractivity contribution in [2.75, 3.05) is 18.5 Å². The van der Waals surface area contributed by atoms with Gasteiger partial charge in [0.05, 0.1) is 0 Å². The highest BCUT2D eigenvalue weighted by Gasteiger charge is 2.39. The van der Waals surface area contributed by atoms with E-state index in [1.165, 1.54) is 44.4 Å². The maximum absolute atomic E-state index is 4.72. The van der Waals surface area contributed by atoms with E-state index in [0.717, 1.165) is 30.6 Å². The summed E-state index contributed by atoms with van der Waals surface area (Å²) in [4.78, 5) is 2.49. The first-order valence-electron chi connectivity index (χ1n) is 16.2. The van der Waals surface area contributed by atoms with Gasteiger partial charge < -0.3 is 10.2 Å². The van der Waals surface area contributed by atoms with Crippen LogP contribution in [0.3, 0.4) is 0 Å². The Hall–Kier alpha value is -4.56. The Kier molecular flexibility index (Phi) is 9.63. The average Bonchev–Trinajstić information content (AvgIpc) is 3.24. The van der Waals surface area contributed by atoms with Gasteiger partial charge in [-0.15, -0.1) is 12.7 Å². The number of allylic oxidation sites excluding steroid dienone is 9. The molecule has 1 unspecified atom stereocenters. The maximum atomic E-state index is 4.72. The van der Waals surface area contributed by atoms with Gasteiger partial charge in [-0.2, -0.15) is 0 Å². The van der Waals surface area contributed by atoms with Crippen LogP contribution in [0.15, 0.2) is 145 Å². The summed E-state index contributed by atoms with van der Waals surface area (Å²) in [5, 5.41) is 7.17. The van der Waals surface area contributed by atoms with Gasteiger partial charge in [0, 0.05) is 28.8 Å². The quantitative estimate of drug-likeness (QED) is 0.159. The molecule has 4 aromatic rings. The lowest BCUT2D eigenvalue weighted by Gasteiger charge is -2.38. The van der Waals surface area contributed by atoms with Crippen molar-refractivity contribution in [2.24, 2.45) is 0 Å². The standard InChI is InChI=1S/C43H47N2/c1-8-29-45-39-28-25-32(2)30-37(39)42(4,5)40(45)24-16-11-9-10-13-19-33(3)43(6,31-34-20-14-12-15-21-34)41-36-23-18-17-22-35(36)26-27-38(41)44-7/h9-28,30H,3,8,29,31H2,1-2,4-7H3/q-1/b10-9+,16-11+,19-13+,40-24+. The number of benzene rings is 4. The van der Waals surface area contributed by atoms with Crippen LogP contribution in [0, 0.1) is 6.92 Å². The number of nitrogens with zero attached hydrogens (tertiary/aromatic N) is 2. The molecule has 5 rings (SSSR count). The Balaban J connectivity index is 1.40. The predicted molar refractivity (Wildman–Crippen MR) is 197 cm³/mol. The van der Waals surface area contributed by atoms with Gasteiger partial charge >= 0.3 is 0 Å². The fourth-order valence-corrected chi connectivity index (χ4v) is 6.84. The molecule has 45 heavy (non-hydrogen) atoms. The van der Waals surface area contributed by atoms with E-state index >= 15 is 0 Å². The fraction of sp³-hybridized carbons (Fsp3) is 0.256. The third-order valence-electron chi connectivity index (χ3n) is 9.30. The molecule has 1 atom stereocenters. The minimum absolute atomic E-state index is 0.0311. The molecule has 0 spiro atoms. The van der Waals surface area contributed by atoms with Crippen LogP contribution in [-0.2, 0) is 17.3 Å². The largest absolute Gasteiger partial charge is 0.687 e. The van der Waals surface area contributed by atoms with Gasteiger partial charge in [-0.25, -0.2) is 0 Å². The Bertz CT molecular complexity index is 1780. The number of hydrogen-bond acceptors (Lipinski definition) is 1. The summed E-state index contributed by atoms with van der Waals surface area (Å²) in [7, 11) is 1.88. The minimum atomic E-state index is -0.355. The molecule has 0 radical (unpaired) electrons. The Morgan fingerprint density at radius 3 is 2.36 bits per heavy atom. The highest BCUT2D eigenvalue weighted by molar-refractivity contribution is 5.92. The van der Waals surface area contributed by atoms with Gasteiger partial charge in [0.2, 0.25) is 0 Å². The number of hydrogen-bond donors (Lipinski definition) is 0. The molecule has 2 nitrogen and oxygen atoms in total. The number of anilines is 1. The van der Waals surface area contributed by atoms with E-state index in [2.05, 4.69) is 174 Å². The molecular weight excluding hydrogens is 544 g/mol. The lowest BCUT2D eigenvalue weighted by molar-refractivity contribution is 0.575. The Morgan fingerprint density at radius 1 is 0.889 bits per heavy atom. The molecule has 0 saturated heterocycles. The lowest BCUT2D eigenvalue weighted by atomic mass is 9.69. The van der Waals surface area contributed by atoms with Gasteiger partial charge in [-0.05, 0) is 64.9 Å². The van der Waals surface area contributed by atoms with Crippen LogP contribution in [-0.4, -0.2) is 13.6 Å². The normalized spacial score (nSPS) is 16.7. The zero-order valence-electron chi connectivity index (χ0n) is 27.8. The molecule has 1 aliphatic rings. The first-order chi connectivity index (χ1) is 21.7. The molecule has 0 saturated carbocycles. The molecule has 2 heteroatoms. The van der Waals surface area contributed by atoms with Crippen LogP contribution in [0.5, 0.6) is 0 Å². The minimum Gasteiger partial charge on any atom is -0.687 e. The molecule has 1 heterocycles. The third kappa shape index (κ3) is 6.47. The molecule has 0 bridgehead atoms. The number of fused-ring (bicyclic) bond motifs is 2. The summed E-state index contributed by atoms with van der Waals surface area (Å²) in [5.41, 5.74) is 9.60. The van der Waals surface area contributed by atoms with Crippen molar-refractivity contribution in [1.29, 1.82) is 0 Å². The molecule has 0 amide bonds. The van der Waals surface area contributed by atoms with E-state index in [9.17, 15) is 0 Å². The van der Waals surface area contributed by atoms with E-state index in [1.807, 2.05) is 7.05 Å². The molecule has 0 fully saturated rings. The molecule has 0 N–H and O–H groups in total. The highest BCUT2D eigenvalue weighted by atomic mass is 15.2. The maximum Gasteiger partial charge on any atom is 0.0450 e. The fourth-order valence-electron chi connectivity index (χ4n) is 6.84. The summed E-state index contributed by atoms with van der Waals surface area (Å²) in [6.07, 6.45) is 17.0. The van der Waals surface area contributed by atoms with Gasteiger partial charge in [0.1, 0.15) is 0 Å². The van der Waals surface area contributed by atoms with E-state index in [-0.39, 0.29) is 10.8 Å². The Labute approximate surface area is 271 Å². The first-order valence-corrected chi connectivity index (χ1v) is 16.2. The highest BCUT2D eigenvalue weighted by Crippen LogP contribution is 2.48. The van der Waals surface area contributed by atoms with E-state index in [0.29, 0.717) is 0 Å². The smallest absolute Gasteiger partial charge is 0.0450 e. The topological polar surface area (TPSA) is 17.3 Å². The summed E-state index contributed by atoms with van der Waals surface area (Å²) in [6, 6.07) is 30.5. The van der Waals surface area contributed by atoms with Crippen molar-refractivity contribution < 1.29 is 0 Å². The van der Waals surface area contributed by atoms with Crippen LogP contribution in [0.25, 0.3) is 16.1 Å². The molecule has 4 aromatic carbocycles. The van der Waals surface area contributed by atoms with Crippen LogP contribution < -0.4 is 4.90 Å². The van der Waals surface area contributed by atoms with Crippen molar-refractivity contribution in [2.45, 2.75) is 58.3 Å². The zero-order chi connectivity index (χ0) is 32.0. The SMILES string of the molecule is C=C(/C=C/C=C/C=C/C=C1/N(CCC)c2ccc(C)cc2C1(C)C)C(C)(Cc1ccccc1)c1c([N-]C)ccc2ccccc12. The second-order valence-electron chi connectivity index (χ2n) is 12.9. The van der Waals surface area contributed by atoms with Crippen LogP contribution in [0.2, 0.25) is 0 Å². The summed E-state index contributed by atoms with van der Waals surface area (Å²) < 4.78 is 0. The van der Waals surface area contributed by atoms with Gasteiger partial charge in [-0.3, -0.25) is 0 Å². The van der Waals surface area contributed by atoms with Gasteiger partial charge in [0.25, 0.3) is 0 Å². The third-order valence-corrected chi connectivity index (χ3v) is 9.30. The first kappa shape index (κ1) is 31.9. The number of rotatable bonds is 11. The molecule has 0 aliphatic carbocycles. The van der Waals surface area contributed by atoms with E-state index < -0.39 is 0 Å². The lowest BCUT2D eigenvalue weighted by Crippen LogP contribution is -2.27.